The van der Waals surface area contributed by atoms with Crippen LogP contribution < -0.4 is 10.2 Å². The molecule has 1 aromatic carbocycles. The maximum Gasteiger partial charge on any atom is 0.494 e. The van der Waals surface area contributed by atoms with Crippen molar-refractivity contribution in [3.05, 3.63) is 24.3 Å². The third-order valence-electron chi connectivity index (χ3n) is 4.59. The van der Waals surface area contributed by atoms with Crippen LogP contribution in [-0.2, 0) is 19.3 Å². The predicted octanol–water partition coefficient (Wildman–Crippen LogP) is 1.43. The van der Waals surface area contributed by atoms with Crippen LogP contribution in [0.3, 0.4) is 0 Å². The predicted molar refractivity (Wildman–Crippen MR) is 85.5 cm³/mol. The second-order valence-electron chi connectivity index (χ2n) is 7.06. The quantitative estimate of drug-likeness (QED) is 0.852. The minimum absolute atomic E-state index is 0.0884. The van der Waals surface area contributed by atoms with E-state index < -0.39 is 28.3 Å². The van der Waals surface area contributed by atoms with Crippen LogP contribution in [0, 0.1) is 0 Å². The Kier molecular flexibility index (Phi) is 3.68. The second kappa shape index (κ2) is 5.06. The molecular weight excluding hydrogens is 301 g/mol. The largest absolute Gasteiger partial charge is 0.494 e. The van der Waals surface area contributed by atoms with E-state index in [1.165, 1.54) is 0 Å². The van der Waals surface area contributed by atoms with E-state index in [0.29, 0.717) is 0 Å². The maximum absolute atomic E-state index is 12.3. The molecular formula is C15H22BNO4S. The van der Waals surface area contributed by atoms with Gasteiger partial charge in [-0.05, 0) is 58.1 Å². The Morgan fingerprint density at radius 2 is 1.73 bits per heavy atom. The van der Waals surface area contributed by atoms with E-state index in [-0.39, 0.29) is 10.9 Å². The van der Waals surface area contributed by atoms with Crippen LogP contribution in [0.25, 0.3) is 0 Å². The zero-order valence-electron chi connectivity index (χ0n) is 13.4. The summed E-state index contributed by atoms with van der Waals surface area (Å²) in [5.41, 5.74) is -0.172. The summed E-state index contributed by atoms with van der Waals surface area (Å²) in [6.07, 6.45) is 1.83. The minimum atomic E-state index is -3.47. The molecule has 22 heavy (non-hydrogen) atoms. The molecule has 3 rings (SSSR count). The fourth-order valence-corrected chi connectivity index (χ4v) is 3.66. The van der Waals surface area contributed by atoms with Crippen LogP contribution >= 0.6 is 0 Å². The van der Waals surface area contributed by atoms with Gasteiger partial charge in [-0.3, -0.25) is 0 Å². The van der Waals surface area contributed by atoms with Gasteiger partial charge in [0, 0.05) is 6.04 Å². The summed E-state index contributed by atoms with van der Waals surface area (Å²) in [4.78, 5) is 0.256. The molecule has 1 saturated carbocycles. The van der Waals surface area contributed by atoms with Crippen molar-refractivity contribution in [1.82, 2.24) is 4.72 Å². The summed E-state index contributed by atoms with van der Waals surface area (Å²) in [6, 6.07) is 6.87. The number of benzene rings is 1. The molecule has 5 nitrogen and oxygen atoms in total. The fourth-order valence-electron chi connectivity index (χ4n) is 2.30. The summed E-state index contributed by atoms with van der Waals surface area (Å²) in [6.45, 7) is 7.90. The molecule has 0 spiro atoms. The van der Waals surface area contributed by atoms with E-state index in [9.17, 15) is 8.42 Å². The number of sulfonamides is 1. The highest BCUT2D eigenvalue weighted by Gasteiger charge is 2.51. The Labute approximate surface area is 132 Å². The van der Waals surface area contributed by atoms with E-state index in [2.05, 4.69) is 4.72 Å². The highest BCUT2D eigenvalue weighted by molar-refractivity contribution is 7.89. The van der Waals surface area contributed by atoms with Crippen LogP contribution in [-0.4, -0.2) is 32.8 Å². The molecule has 0 unspecified atom stereocenters. The van der Waals surface area contributed by atoms with Crippen LogP contribution in [0.2, 0.25) is 0 Å². The molecule has 1 saturated heterocycles. The van der Waals surface area contributed by atoms with Gasteiger partial charge in [0.1, 0.15) is 0 Å². The van der Waals surface area contributed by atoms with Gasteiger partial charge in [-0.2, -0.15) is 0 Å². The van der Waals surface area contributed by atoms with Crippen molar-refractivity contribution in [2.75, 3.05) is 0 Å². The van der Waals surface area contributed by atoms with Crippen LogP contribution in [0.1, 0.15) is 40.5 Å². The van der Waals surface area contributed by atoms with Crippen molar-refractivity contribution in [1.29, 1.82) is 0 Å². The molecule has 2 aliphatic rings. The lowest BCUT2D eigenvalue weighted by atomic mass is 9.79. The van der Waals surface area contributed by atoms with E-state index in [0.717, 1.165) is 18.3 Å². The summed E-state index contributed by atoms with van der Waals surface area (Å²) >= 11 is 0. The van der Waals surface area contributed by atoms with Crippen molar-refractivity contribution in [2.45, 2.75) is 62.7 Å². The number of hydrogen-bond donors (Lipinski definition) is 1. The van der Waals surface area contributed by atoms with Gasteiger partial charge in [-0.1, -0.05) is 12.1 Å². The van der Waals surface area contributed by atoms with Gasteiger partial charge in [0.15, 0.2) is 0 Å². The van der Waals surface area contributed by atoms with Crippen molar-refractivity contribution in [3.63, 3.8) is 0 Å². The normalized spacial score (nSPS) is 23.7. The molecule has 1 aliphatic heterocycles. The molecule has 1 aliphatic carbocycles. The highest BCUT2D eigenvalue weighted by Crippen LogP contribution is 2.36. The summed E-state index contributed by atoms with van der Waals surface area (Å²) in [5.74, 6) is 0. The SMILES string of the molecule is CC1(C)OB(c2cccc(S(=O)(=O)NC3CC3)c2)OC1(C)C. The van der Waals surface area contributed by atoms with Gasteiger partial charge >= 0.3 is 7.12 Å². The molecule has 1 N–H and O–H groups in total. The fraction of sp³-hybridized carbons (Fsp3) is 0.600. The monoisotopic (exact) mass is 323 g/mol. The lowest BCUT2D eigenvalue weighted by Crippen LogP contribution is -2.41. The molecule has 0 radical (unpaired) electrons. The first-order valence-electron chi connectivity index (χ1n) is 7.59. The zero-order chi connectivity index (χ0) is 16.2. The molecule has 0 atom stereocenters. The summed E-state index contributed by atoms with van der Waals surface area (Å²) in [7, 11) is -4.02. The third-order valence-corrected chi connectivity index (χ3v) is 6.11. The molecule has 0 aromatic heterocycles. The topological polar surface area (TPSA) is 64.6 Å². The van der Waals surface area contributed by atoms with Crippen LogP contribution in [0.15, 0.2) is 29.2 Å². The van der Waals surface area contributed by atoms with Crippen molar-refractivity contribution in [2.24, 2.45) is 0 Å². The molecule has 1 aromatic rings. The zero-order valence-corrected chi connectivity index (χ0v) is 14.2. The van der Waals surface area contributed by atoms with Crippen LogP contribution in [0.5, 0.6) is 0 Å². The van der Waals surface area contributed by atoms with E-state index in [1.807, 2.05) is 33.8 Å². The van der Waals surface area contributed by atoms with Crippen molar-refractivity contribution in [3.8, 4) is 0 Å². The minimum Gasteiger partial charge on any atom is -0.399 e. The highest BCUT2D eigenvalue weighted by atomic mass is 32.2. The standard InChI is InChI=1S/C15H22BNO4S/c1-14(2)15(3,4)21-16(20-14)11-6-5-7-13(10-11)22(18,19)17-12-8-9-12/h5-7,10,12,17H,8-9H2,1-4H3. The Morgan fingerprint density at radius 1 is 1.14 bits per heavy atom. The first kappa shape index (κ1) is 16.0. The van der Waals surface area contributed by atoms with E-state index in [1.54, 1.807) is 18.2 Å². The first-order valence-corrected chi connectivity index (χ1v) is 9.07. The Hall–Kier alpha value is -0.885. The average Bonchev–Trinajstić information content (AvgIpc) is 3.16. The molecule has 120 valence electrons. The van der Waals surface area contributed by atoms with Gasteiger partial charge in [0.25, 0.3) is 0 Å². The Morgan fingerprint density at radius 3 is 2.27 bits per heavy atom. The van der Waals surface area contributed by atoms with Gasteiger partial charge in [0.2, 0.25) is 10.0 Å². The van der Waals surface area contributed by atoms with E-state index in [4.69, 9.17) is 9.31 Å². The van der Waals surface area contributed by atoms with Crippen LogP contribution in [0.4, 0.5) is 0 Å². The summed E-state index contributed by atoms with van der Waals surface area (Å²) in [5, 5.41) is 0. The lowest BCUT2D eigenvalue weighted by molar-refractivity contribution is 0.00578. The van der Waals surface area contributed by atoms with Crippen molar-refractivity contribution < 1.29 is 17.7 Å². The smallest absolute Gasteiger partial charge is 0.399 e. The summed E-state index contributed by atoms with van der Waals surface area (Å²) < 4.78 is 39.3. The maximum atomic E-state index is 12.3. The first-order chi connectivity index (χ1) is 10.1. The van der Waals surface area contributed by atoms with Gasteiger partial charge < -0.3 is 9.31 Å². The number of hydrogen-bond acceptors (Lipinski definition) is 4. The van der Waals surface area contributed by atoms with Gasteiger partial charge in [0.05, 0.1) is 16.1 Å². The molecule has 1 heterocycles. The van der Waals surface area contributed by atoms with E-state index >= 15 is 0 Å². The van der Waals surface area contributed by atoms with Crippen molar-refractivity contribution >= 4 is 22.6 Å². The van der Waals surface area contributed by atoms with Gasteiger partial charge in [-0.15, -0.1) is 0 Å². The lowest BCUT2D eigenvalue weighted by Gasteiger charge is -2.32. The second-order valence-corrected chi connectivity index (χ2v) is 8.77. The van der Waals surface area contributed by atoms with Gasteiger partial charge in [-0.25, -0.2) is 13.1 Å². The number of nitrogens with one attached hydrogen (secondary N) is 1. The number of rotatable bonds is 4. The average molecular weight is 323 g/mol. The molecule has 2 fully saturated rings. The molecule has 0 bridgehead atoms. The Bertz CT molecular complexity index is 667. The molecule has 7 heteroatoms. The Balaban J connectivity index is 1.86. The molecule has 0 amide bonds. The third kappa shape index (κ3) is 2.95.